The molecule has 0 aliphatic heterocycles. The highest BCUT2D eigenvalue weighted by Gasteiger charge is 2.16. The number of carboxylic acid groups (broad SMARTS) is 1. The average molecular weight is 239 g/mol. The number of aryl methyl sites for hydroxylation is 1. The van der Waals surface area contributed by atoms with E-state index in [1.807, 2.05) is 0 Å². The molecule has 0 atom stereocenters. The third-order valence-electron chi connectivity index (χ3n) is 2.55. The third kappa shape index (κ3) is 3.39. The van der Waals surface area contributed by atoms with Crippen LogP contribution in [0.15, 0.2) is 0 Å². The topological polar surface area (TPSA) is 95.3 Å². The summed E-state index contributed by atoms with van der Waals surface area (Å²) in [5.41, 5.74) is 1.40. The molecule has 1 rings (SSSR count). The van der Waals surface area contributed by atoms with Gasteiger partial charge in [-0.2, -0.15) is 5.10 Å². The van der Waals surface area contributed by atoms with Crippen LogP contribution in [0.4, 0.5) is 5.82 Å². The predicted octanol–water partition coefficient (Wildman–Crippen LogP) is 0.976. The first-order chi connectivity index (χ1) is 8.07. The van der Waals surface area contributed by atoms with Crippen molar-refractivity contribution in [3.8, 4) is 0 Å². The van der Waals surface area contributed by atoms with Crippen LogP contribution < -0.4 is 5.32 Å². The molecule has 0 spiro atoms. The zero-order chi connectivity index (χ0) is 12.8. The number of rotatable bonds is 6. The van der Waals surface area contributed by atoms with E-state index < -0.39 is 5.97 Å². The lowest BCUT2D eigenvalue weighted by Gasteiger charge is -2.10. The smallest absolute Gasteiger partial charge is 0.339 e. The second-order valence-corrected chi connectivity index (χ2v) is 3.80. The minimum absolute atomic E-state index is 0.131. The highest BCUT2D eigenvalue weighted by atomic mass is 16.4. The Morgan fingerprint density at radius 2 is 2.00 bits per heavy atom. The number of aromatic carboxylic acids is 1. The molecule has 1 aromatic rings. The molecule has 94 valence electrons. The van der Waals surface area contributed by atoms with Gasteiger partial charge in [0.15, 0.2) is 5.82 Å². The van der Waals surface area contributed by atoms with Crippen LogP contribution in [0.2, 0.25) is 0 Å². The van der Waals surface area contributed by atoms with Crippen LogP contribution in [-0.2, 0) is 0 Å². The summed E-state index contributed by atoms with van der Waals surface area (Å²) < 4.78 is 0. The number of hydrogen-bond acceptors (Lipinski definition) is 5. The molecule has 0 saturated carbocycles. The van der Waals surface area contributed by atoms with Gasteiger partial charge in [-0.25, -0.2) is 4.79 Å². The van der Waals surface area contributed by atoms with Crippen molar-refractivity contribution in [3.05, 3.63) is 16.8 Å². The number of nitrogens with one attached hydrogen (secondary N) is 1. The molecule has 0 unspecified atom stereocenters. The van der Waals surface area contributed by atoms with E-state index in [9.17, 15) is 4.79 Å². The van der Waals surface area contributed by atoms with E-state index in [0.717, 1.165) is 6.42 Å². The molecule has 0 amide bonds. The fourth-order valence-corrected chi connectivity index (χ4v) is 1.44. The Hall–Kier alpha value is -1.69. The van der Waals surface area contributed by atoms with E-state index in [2.05, 4.69) is 15.5 Å². The number of aromatic nitrogens is 2. The van der Waals surface area contributed by atoms with Crippen LogP contribution in [-0.4, -0.2) is 39.5 Å². The van der Waals surface area contributed by atoms with E-state index >= 15 is 0 Å². The molecule has 0 aliphatic rings. The van der Waals surface area contributed by atoms with Gasteiger partial charge < -0.3 is 15.5 Å². The first kappa shape index (κ1) is 13.4. The number of unbranched alkanes of at least 4 members (excludes halogenated alkanes) is 1. The van der Waals surface area contributed by atoms with Crippen molar-refractivity contribution < 1.29 is 15.0 Å². The van der Waals surface area contributed by atoms with Gasteiger partial charge in [-0.15, -0.1) is 5.10 Å². The van der Waals surface area contributed by atoms with E-state index in [0.29, 0.717) is 30.0 Å². The van der Waals surface area contributed by atoms with E-state index in [4.69, 9.17) is 10.2 Å². The summed E-state index contributed by atoms with van der Waals surface area (Å²) in [5.74, 6) is -0.719. The van der Waals surface area contributed by atoms with E-state index in [1.54, 1.807) is 13.8 Å². The predicted molar refractivity (Wildman–Crippen MR) is 63.3 cm³/mol. The lowest BCUT2D eigenvalue weighted by atomic mass is 10.1. The van der Waals surface area contributed by atoms with Gasteiger partial charge in [0.1, 0.15) is 5.56 Å². The summed E-state index contributed by atoms with van der Waals surface area (Å²) in [4.78, 5) is 11.1. The largest absolute Gasteiger partial charge is 0.478 e. The standard InChI is InChI=1S/C11H17N3O3/c1-7-8(2)13-14-10(9(7)11(16)17)12-5-3-4-6-15/h15H,3-6H2,1-2H3,(H,12,14)(H,16,17). The maximum Gasteiger partial charge on any atom is 0.339 e. The lowest BCUT2D eigenvalue weighted by Crippen LogP contribution is -2.13. The van der Waals surface area contributed by atoms with E-state index in [-0.39, 0.29) is 12.2 Å². The first-order valence-electron chi connectivity index (χ1n) is 5.49. The van der Waals surface area contributed by atoms with Crippen LogP contribution in [0.1, 0.15) is 34.5 Å². The Kier molecular flexibility index (Phi) is 4.84. The summed E-state index contributed by atoms with van der Waals surface area (Å²) >= 11 is 0. The molecular weight excluding hydrogens is 222 g/mol. The highest BCUT2D eigenvalue weighted by molar-refractivity contribution is 5.94. The van der Waals surface area contributed by atoms with Crippen LogP contribution in [0.25, 0.3) is 0 Å². The van der Waals surface area contributed by atoms with Crippen molar-refractivity contribution in [2.75, 3.05) is 18.5 Å². The minimum Gasteiger partial charge on any atom is -0.478 e. The molecule has 1 heterocycles. The fraction of sp³-hybridized carbons (Fsp3) is 0.545. The second kappa shape index (κ2) is 6.15. The van der Waals surface area contributed by atoms with Gasteiger partial charge in [-0.1, -0.05) is 0 Å². The summed E-state index contributed by atoms with van der Waals surface area (Å²) in [7, 11) is 0. The summed E-state index contributed by atoms with van der Waals surface area (Å²) in [5, 5.41) is 28.4. The Balaban J connectivity index is 2.84. The van der Waals surface area contributed by atoms with Crippen LogP contribution in [0.5, 0.6) is 0 Å². The molecule has 0 saturated heterocycles. The van der Waals surface area contributed by atoms with E-state index in [1.165, 1.54) is 0 Å². The molecule has 0 fully saturated rings. The molecular formula is C11H17N3O3. The molecule has 0 bridgehead atoms. The summed E-state index contributed by atoms with van der Waals surface area (Å²) in [6, 6.07) is 0. The van der Waals surface area contributed by atoms with Crippen molar-refractivity contribution in [1.82, 2.24) is 10.2 Å². The lowest BCUT2D eigenvalue weighted by molar-refractivity contribution is 0.0696. The quantitative estimate of drug-likeness (QED) is 0.640. The number of nitrogens with zero attached hydrogens (tertiary/aromatic N) is 2. The van der Waals surface area contributed by atoms with Gasteiger partial charge in [0, 0.05) is 13.2 Å². The first-order valence-corrected chi connectivity index (χ1v) is 5.49. The second-order valence-electron chi connectivity index (χ2n) is 3.80. The van der Waals surface area contributed by atoms with Gasteiger partial charge in [-0.3, -0.25) is 0 Å². The molecule has 1 aromatic heterocycles. The number of hydrogen-bond donors (Lipinski definition) is 3. The maximum atomic E-state index is 11.1. The third-order valence-corrected chi connectivity index (χ3v) is 2.55. The Labute approximate surface area is 99.7 Å². The van der Waals surface area contributed by atoms with Crippen molar-refractivity contribution in [1.29, 1.82) is 0 Å². The number of anilines is 1. The van der Waals surface area contributed by atoms with Crippen LogP contribution >= 0.6 is 0 Å². The monoisotopic (exact) mass is 239 g/mol. The highest BCUT2D eigenvalue weighted by Crippen LogP contribution is 2.18. The Bertz CT molecular complexity index is 407. The molecule has 17 heavy (non-hydrogen) atoms. The normalized spacial score (nSPS) is 10.3. The number of aliphatic hydroxyl groups is 1. The number of carbonyl (C=O) groups is 1. The Morgan fingerprint density at radius 3 is 2.59 bits per heavy atom. The van der Waals surface area contributed by atoms with Gasteiger partial charge in [0.25, 0.3) is 0 Å². The van der Waals surface area contributed by atoms with Gasteiger partial charge in [-0.05, 0) is 32.3 Å². The Morgan fingerprint density at radius 1 is 1.29 bits per heavy atom. The average Bonchev–Trinajstić information content (AvgIpc) is 2.28. The SMILES string of the molecule is Cc1nnc(NCCCCO)c(C(=O)O)c1C. The van der Waals surface area contributed by atoms with Crippen molar-refractivity contribution >= 4 is 11.8 Å². The zero-order valence-corrected chi connectivity index (χ0v) is 10.0. The van der Waals surface area contributed by atoms with Crippen molar-refractivity contribution in [3.63, 3.8) is 0 Å². The minimum atomic E-state index is -1.01. The molecule has 6 nitrogen and oxygen atoms in total. The summed E-state index contributed by atoms with van der Waals surface area (Å²) in [6.45, 7) is 4.14. The number of carboxylic acids is 1. The van der Waals surface area contributed by atoms with Gasteiger partial charge >= 0.3 is 5.97 Å². The molecule has 0 aromatic carbocycles. The van der Waals surface area contributed by atoms with Gasteiger partial charge in [0.2, 0.25) is 0 Å². The van der Waals surface area contributed by atoms with Crippen LogP contribution in [0, 0.1) is 13.8 Å². The molecule has 0 radical (unpaired) electrons. The van der Waals surface area contributed by atoms with Crippen molar-refractivity contribution in [2.45, 2.75) is 26.7 Å². The van der Waals surface area contributed by atoms with Crippen molar-refractivity contribution in [2.24, 2.45) is 0 Å². The summed E-state index contributed by atoms with van der Waals surface area (Å²) in [6.07, 6.45) is 1.43. The molecule has 6 heteroatoms. The maximum absolute atomic E-state index is 11.1. The number of aliphatic hydroxyl groups excluding tert-OH is 1. The fourth-order valence-electron chi connectivity index (χ4n) is 1.44. The van der Waals surface area contributed by atoms with Gasteiger partial charge in [0.05, 0.1) is 5.69 Å². The molecule has 0 aliphatic carbocycles. The van der Waals surface area contributed by atoms with Crippen LogP contribution in [0.3, 0.4) is 0 Å². The zero-order valence-electron chi connectivity index (χ0n) is 10.0. The molecule has 3 N–H and O–H groups in total.